The number of hydrogen-bond donors (Lipinski definition) is 1. The molecular weight excluding hydrogens is 499 g/mol. The number of nitrogens with zero attached hydrogens (tertiary/aromatic N) is 5. The van der Waals surface area contributed by atoms with Crippen LogP contribution in [0.15, 0.2) is 59.8 Å². The summed E-state index contributed by atoms with van der Waals surface area (Å²) in [5, 5.41) is 9.61. The summed E-state index contributed by atoms with van der Waals surface area (Å²) in [5.41, 5.74) is 2.76. The number of morpholine rings is 1. The van der Waals surface area contributed by atoms with Crippen LogP contribution in [-0.2, 0) is 17.7 Å². The molecule has 4 aromatic rings. The second kappa shape index (κ2) is 11.2. The number of anilines is 1. The lowest BCUT2D eigenvalue weighted by molar-refractivity contribution is -0.0727. The fourth-order valence-electron chi connectivity index (χ4n) is 5.40. The molecule has 5 heterocycles. The number of imidazole rings is 1. The van der Waals surface area contributed by atoms with E-state index in [4.69, 9.17) is 4.74 Å². The fourth-order valence-corrected chi connectivity index (χ4v) is 5.40. The molecule has 1 atom stereocenters. The number of hydrogen-bond acceptors (Lipinski definition) is 6. The Morgan fingerprint density at radius 1 is 1.08 bits per heavy atom. The zero-order chi connectivity index (χ0) is 23.0. The summed E-state index contributed by atoms with van der Waals surface area (Å²) >= 11 is 0. The molecule has 2 aliphatic heterocycles. The smallest absolute Gasteiger partial charge is 0.276 e. The van der Waals surface area contributed by atoms with Crippen molar-refractivity contribution in [1.29, 1.82) is 0 Å². The second-order valence-corrected chi connectivity index (χ2v) is 9.41. The zero-order valence-corrected chi connectivity index (χ0v) is 21.8. The molecular formula is C26H32Cl2N6O2. The summed E-state index contributed by atoms with van der Waals surface area (Å²) in [7, 11) is 0. The molecule has 1 aromatic carbocycles. The molecule has 1 spiro atoms. The van der Waals surface area contributed by atoms with E-state index in [9.17, 15) is 4.79 Å². The minimum atomic E-state index is -0.0760. The molecule has 1 N–H and O–H groups in total. The Balaban J connectivity index is 0.00000152. The van der Waals surface area contributed by atoms with Crippen molar-refractivity contribution in [3.05, 3.63) is 71.0 Å². The Morgan fingerprint density at radius 2 is 2.00 bits per heavy atom. The molecule has 6 rings (SSSR count). The van der Waals surface area contributed by atoms with Crippen LogP contribution in [0.5, 0.6) is 0 Å². The van der Waals surface area contributed by atoms with Crippen molar-refractivity contribution in [3.63, 3.8) is 0 Å². The quantitative estimate of drug-likeness (QED) is 0.435. The number of rotatable bonds is 4. The van der Waals surface area contributed by atoms with Gasteiger partial charge in [-0.2, -0.15) is 5.10 Å². The minimum absolute atomic E-state index is 0. The highest BCUT2D eigenvalue weighted by Crippen LogP contribution is 2.31. The van der Waals surface area contributed by atoms with Crippen LogP contribution in [0.2, 0.25) is 0 Å². The van der Waals surface area contributed by atoms with Crippen molar-refractivity contribution >= 4 is 46.9 Å². The lowest BCUT2D eigenvalue weighted by atomic mass is 9.93. The average Bonchev–Trinajstić information content (AvgIpc) is 3.19. The Hall–Kier alpha value is -2.65. The summed E-state index contributed by atoms with van der Waals surface area (Å²) in [6, 6.07) is 12.0. The zero-order valence-electron chi connectivity index (χ0n) is 20.1. The number of fused-ring (bicyclic) bond motifs is 2. The highest BCUT2D eigenvalue weighted by atomic mass is 35.5. The summed E-state index contributed by atoms with van der Waals surface area (Å²) in [4.78, 5) is 20.6. The number of aryl methyl sites for hydroxylation is 2. The van der Waals surface area contributed by atoms with Gasteiger partial charge in [-0.05, 0) is 37.5 Å². The first-order valence-electron chi connectivity index (χ1n) is 12.2. The van der Waals surface area contributed by atoms with Crippen LogP contribution in [0.25, 0.3) is 16.4 Å². The normalized spacial score (nSPS) is 20.2. The third-order valence-electron chi connectivity index (χ3n) is 7.23. The molecule has 10 heteroatoms. The minimum Gasteiger partial charge on any atom is -0.372 e. The van der Waals surface area contributed by atoms with E-state index >= 15 is 0 Å². The number of benzene rings is 1. The van der Waals surface area contributed by atoms with Crippen molar-refractivity contribution in [3.8, 4) is 0 Å². The summed E-state index contributed by atoms with van der Waals surface area (Å²) in [5.74, 6) is 0. The van der Waals surface area contributed by atoms with Crippen molar-refractivity contribution < 1.29 is 4.74 Å². The van der Waals surface area contributed by atoms with E-state index in [2.05, 4.69) is 26.4 Å². The monoisotopic (exact) mass is 530 g/mol. The third kappa shape index (κ3) is 5.09. The van der Waals surface area contributed by atoms with Gasteiger partial charge in [0, 0.05) is 50.4 Å². The number of pyridine rings is 1. The predicted molar refractivity (Wildman–Crippen MR) is 147 cm³/mol. The molecule has 192 valence electrons. The molecule has 36 heavy (non-hydrogen) atoms. The van der Waals surface area contributed by atoms with Crippen LogP contribution in [0.4, 0.5) is 5.69 Å². The van der Waals surface area contributed by atoms with Crippen molar-refractivity contribution in [2.45, 2.75) is 37.8 Å². The van der Waals surface area contributed by atoms with Crippen LogP contribution in [0.1, 0.15) is 25.0 Å². The van der Waals surface area contributed by atoms with Gasteiger partial charge < -0.3 is 19.4 Å². The van der Waals surface area contributed by atoms with E-state index < -0.39 is 0 Å². The summed E-state index contributed by atoms with van der Waals surface area (Å²) < 4.78 is 9.81. The van der Waals surface area contributed by atoms with E-state index in [0.717, 1.165) is 79.8 Å². The SMILES string of the molecule is Cl.Cl.O=c1c2c(N3CCCC4(CC3)CNCCO4)cccc2cnn1CCc1cn2ccccc2n1. The van der Waals surface area contributed by atoms with Crippen LogP contribution in [0, 0.1) is 0 Å². The highest BCUT2D eigenvalue weighted by Gasteiger charge is 2.35. The highest BCUT2D eigenvalue weighted by molar-refractivity contribution is 5.93. The first-order chi connectivity index (χ1) is 16.7. The van der Waals surface area contributed by atoms with E-state index in [1.165, 1.54) is 0 Å². The van der Waals surface area contributed by atoms with Gasteiger partial charge >= 0.3 is 0 Å². The largest absolute Gasteiger partial charge is 0.372 e. The van der Waals surface area contributed by atoms with E-state index in [0.29, 0.717) is 13.0 Å². The maximum absolute atomic E-state index is 13.6. The lowest BCUT2D eigenvalue weighted by Crippen LogP contribution is -2.50. The number of aromatic nitrogens is 4. The van der Waals surface area contributed by atoms with Crippen molar-refractivity contribution in [1.82, 2.24) is 24.5 Å². The molecule has 2 aliphatic rings. The first-order valence-corrected chi connectivity index (χ1v) is 12.2. The maximum Gasteiger partial charge on any atom is 0.276 e. The number of ether oxygens (including phenoxy) is 1. The van der Waals surface area contributed by atoms with Gasteiger partial charge in [-0.1, -0.05) is 18.2 Å². The molecule has 0 saturated carbocycles. The van der Waals surface area contributed by atoms with E-state index in [1.54, 1.807) is 4.68 Å². The van der Waals surface area contributed by atoms with E-state index in [1.807, 2.05) is 53.3 Å². The molecule has 1 unspecified atom stereocenters. The van der Waals surface area contributed by atoms with Gasteiger partial charge in [0.1, 0.15) is 5.65 Å². The van der Waals surface area contributed by atoms with Gasteiger partial charge in [-0.15, -0.1) is 24.8 Å². The standard InChI is InChI=1S/C26H30N6O2.2ClH/c33-25-24-20(17-28-32(25)14-8-21-18-31-12-2-1-7-23(31)29-21)5-3-6-22(24)30-13-4-9-26(10-15-30)19-27-11-16-34-26;;/h1-3,5-7,12,17-18,27H,4,8-11,13-16,19H2;2*1H. The molecule has 8 nitrogen and oxygen atoms in total. The molecule has 0 bridgehead atoms. The van der Waals surface area contributed by atoms with Crippen LogP contribution in [0.3, 0.4) is 0 Å². The molecule has 2 saturated heterocycles. The number of halogens is 2. The Kier molecular flexibility index (Phi) is 8.20. The van der Waals surface area contributed by atoms with Crippen molar-refractivity contribution in [2.24, 2.45) is 0 Å². The van der Waals surface area contributed by atoms with Crippen molar-refractivity contribution in [2.75, 3.05) is 37.7 Å². The molecule has 0 aliphatic carbocycles. The average molecular weight is 531 g/mol. The molecule has 2 fully saturated rings. The topological polar surface area (TPSA) is 76.7 Å². The lowest BCUT2D eigenvalue weighted by Gasteiger charge is -2.37. The van der Waals surface area contributed by atoms with Gasteiger partial charge in [-0.3, -0.25) is 4.79 Å². The Labute approximate surface area is 222 Å². The van der Waals surface area contributed by atoms with Crippen LogP contribution in [-0.4, -0.2) is 57.6 Å². The predicted octanol–water partition coefficient (Wildman–Crippen LogP) is 3.48. The van der Waals surface area contributed by atoms with Gasteiger partial charge in [0.2, 0.25) is 0 Å². The van der Waals surface area contributed by atoms with Gasteiger partial charge in [-0.25, -0.2) is 9.67 Å². The summed E-state index contributed by atoms with van der Waals surface area (Å²) in [6.45, 7) is 4.91. The maximum atomic E-state index is 13.6. The van der Waals surface area contributed by atoms with E-state index in [-0.39, 0.29) is 36.0 Å². The van der Waals surface area contributed by atoms with Crippen LogP contribution >= 0.6 is 24.8 Å². The molecule has 3 aromatic heterocycles. The van der Waals surface area contributed by atoms with Gasteiger partial charge in [0.05, 0.1) is 41.7 Å². The molecule has 0 amide bonds. The van der Waals surface area contributed by atoms with Crippen LogP contribution < -0.4 is 15.8 Å². The number of nitrogens with one attached hydrogen (secondary N) is 1. The Morgan fingerprint density at radius 3 is 2.83 bits per heavy atom. The third-order valence-corrected chi connectivity index (χ3v) is 7.23. The molecule has 0 radical (unpaired) electrons. The Bertz CT molecular complexity index is 1350. The fraction of sp³-hybridized carbons (Fsp3) is 0.423. The van der Waals surface area contributed by atoms with Gasteiger partial charge in [0.25, 0.3) is 5.56 Å². The second-order valence-electron chi connectivity index (χ2n) is 9.41. The summed E-state index contributed by atoms with van der Waals surface area (Å²) in [6.07, 6.45) is 9.53. The van der Waals surface area contributed by atoms with Gasteiger partial charge in [0.15, 0.2) is 0 Å². The first kappa shape index (κ1) is 26.4.